The molecule has 2 N–H and O–H groups in total. The molecule has 2 saturated heterocycles. The smallest absolute Gasteiger partial charge is 0.341 e. The number of imide groups is 1. The molecule has 4 rings (SSSR count). The molecule has 0 unspecified atom stereocenters. The second kappa shape index (κ2) is 7.86. The fourth-order valence-electron chi connectivity index (χ4n) is 3.98. The molecule has 1 spiro atoms. The number of piperidine rings is 1. The molecule has 1 aromatic carbocycles. The quantitative estimate of drug-likeness (QED) is 0.560. The fourth-order valence-corrected chi connectivity index (χ4v) is 3.98. The number of urea groups is 1. The van der Waals surface area contributed by atoms with Gasteiger partial charge in [0.05, 0.1) is 24.2 Å². The zero-order chi connectivity index (χ0) is 22.2. The van der Waals surface area contributed by atoms with Crippen molar-refractivity contribution < 1.29 is 23.9 Å². The Balaban J connectivity index is 1.44. The monoisotopic (exact) mass is 425 g/mol. The number of rotatable bonds is 4. The summed E-state index contributed by atoms with van der Waals surface area (Å²) in [7, 11) is 0. The maximum absolute atomic E-state index is 12.9. The molecule has 0 bridgehead atoms. The van der Waals surface area contributed by atoms with Crippen molar-refractivity contribution in [1.82, 2.24) is 25.3 Å². The van der Waals surface area contributed by atoms with Gasteiger partial charge in [-0.05, 0) is 51.0 Å². The minimum atomic E-state index is -0.911. The summed E-state index contributed by atoms with van der Waals surface area (Å²) in [6.45, 7) is 4.55. The second-order valence-electron chi connectivity index (χ2n) is 7.61. The Morgan fingerprint density at radius 2 is 1.84 bits per heavy atom. The van der Waals surface area contributed by atoms with Crippen LogP contribution in [0.25, 0.3) is 5.69 Å². The summed E-state index contributed by atoms with van der Waals surface area (Å²) in [4.78, 5) is 50.1. The van der Waals surface area contributed by atoms with Crippen molar-refractivity contribution in [1.29, 1.82) is 0 Å². The molecule has 2 fully saturated rings. The lowest BCUT2D eigenvalue weighted by Crippen LogP contribution is -2.55. The van der Waals surface area contributed by atoms with Crippen molar-refractivity contribution >= 4 is 23.8 Å². The van der Waals surface area contributed by atoms with E-state index in [4.69, 9.17) is 4.74 Å². The van der Waals surface area contributed by atoms with Crippen molar-refractivity contribution in [2.75, 3.05) is 19.7 Å². The third-order valence-electron chi connectivity index (χ3n) is 5.78. The highest BCUT2D eigenvalue weighted by atomic mass is 16.5. The van der Waals surface area contributed by atoms with E-state index in [0.717, 1.165) is 0 Å². The summed E-state index contributed by atoms with van der Waals surface area (Å²) in [6, 6.07) is 6.45. The van der Waals surface area contributed by atoms with Crippen LogP contribution in [-0.4, -0.2) is 63.7 Å². The third kappa shape index (κ3) is 3.65. The molecular weight excluding hydrogens is 402 g/mol. The van der Waals surface area contributed by atoms with Gasteiger partial charge in [0, 0.05) is 18.7 Å². The highest BCUT2D eigenvalue weighted by molar-refractivity contribution is 6.07. The van der Waals surface area contributed by atoms with E-state index in [2.05, 4.69) is 15.7 Å². The van der Waals surface area contributed by atoms with Crippen LogP contribution in [0.5, 0.6) is 0 Å². The molecule has 162 valence electrons. The first-order chi connectivity index (χ1) is 14.8. The van der Waals surface area contributed by atoms with Crippen molar-refractivity contribution in [2.45, 2.75) is 32.2 Å². The lowest BCUT2D eigenvalue weighted by molar-refractivity contribution is -0.125. The van der Waals surface area contributed by atoms with Crippen LogP contribution in [0, 0.1) is 6.92 Å². The number of benzene rings is 1. The van der Waals surface area contributed by atoms with E-state index < -0.39 is 17.5 Å². The number of nitrogens with one attached hydrogen (secondary N) is 2. The lowest BCUT2D eigenvalue weighted by atomic mass is 9.87. The number of nitrogens with zero attached hydrogens (tertiary/aromatic N) is 3. The molecule has 10 nitrogen and oxygen atoms in total. The summed E-state index contributed by atoms with van der Waals surface area (Å²) in [6.07, 6.45) is 2.21. The van der Waals surface area contributed by atoms with E-state index in [1.54, 1.807) is 47.7 Å². The predicted octanol–water partition coefficient (Wildman–Crippen LogP) is 1.17. The van der Waals surface area contributed by atoms with Crippen LogP contribution in [0.3, 0.4) is 0 Å². The zero-order valence-electron chi connectivity index (χ0n) is 17.3. The summed E-state index contributed by atoms with van der Waals surface area (Å²) in [5, 5.41) is 9.21. The van der Waals surface area contributed by atoms with E-state index in [9.17, 15) is 19.2 Å². The van der Waals surface area contributed by atoms with Gasteiger partial charge in [0.15, 0.2) is 0 Å². The van der Waals surface area contributed by atoms with Crippen molar-refractivity contribution in [3.63, 3.8) is 0 Å². The fraction of sp³-hybridized carbons (Fsp3) is 0.381. The van der Waals surface area contributed by atoms with Gasteiger partial charge < -0.3 is 15.0 Å². The number of carbonyl (C=O) groups excluding carboxylic acids is 4. The Labute approximate surface area is 178 Å². The maximum Gasteiger partial charge on any atom is 0.341 e. The number of aromatic nitrogens is 2. The Bertz CT molecular complexity index is 1050. The SMILES string of the molecule is CCOC(=O)c1cnn(-c2ccc(C(=O)N3CCC4(CC3)NC(=O)NC4=O)cc2)c1C. The Hall–Kier alpha value is -3.69. The topological polar surface area (TPSA) is 123 Å². The molecule has 4 amide bonds. The lowest BCUT2D eigenvalue weighted by Gasteiger charge is -2.37. The highest BCUT2D eigenvalue weighted by Gasteiger charge is 2.48. The zero-order valence-corrected chi connectivity index (χ0v) is 17.3. The molecule has 2 aliphatic heterocycles. The van der Waals surface area contributed by atoms with Crippen LogP contribution in [0.15, 0.2) is 30.5 Å². The number of ether oxygens (including phenoxy) is 1. The predicted molar refractivity (Wildman–Crippen MR) is 109 cm³/mol. The Morgan fingerprint density at radius 3 is 2.42 bits per heavy atom. The molecule has 0 saturated carbocycles. The molecule has 1 aromatic heterocycles. The summed E-state index contributed by atoms with van der Waals surface area (Å²) in [5.41, 5.74) is 1.36. The van der Waals surface area contributed by atoms with Gasteiger partial charge in [-0.3, -0.25) is 14.9 Å². The average molecular weight is 425 g/mol. The molecule has 10 heteroatoms. The van der Waals surface area contributed by atoms with Gasteiger partial charge in [0.1, 0.15) is 11.1 Å². The van der Waals surface area contributed by atoms with E-state index in [-0.39, 0.29) is 18.4 Å². The van der Waals surface area contributed by atoms with Gasteiger partial charge in [0.25, 0.3) is 11.8 Å². The van der Waals surface area contributed by atoms with Crippen LogP contribution < -0.4 is 10.6 Å². The van der Waals surface area contributed by atoms with Crippen LogP contribution in [0.2, 0.25) is 0 Å². The van der Waals surface area contributed by atoms with E-state index in [1.165, 1.54) is 6.20 Å². The number of likely N-dealkylation sites (tertiary alicyclic amines) is 1. The van der Waals surface area contributed by atoms with Crippen molar-refractivity contribution in [3.8, 4) is 5.69 Å². The molecular formula is C21H23N5O5. The van der Waals surface area contributed by atoms with Gasteiger partial charge >= 0.3 is 12.0 Å². The first-order valence-electron chi connectivity index (χ1n) is 10.1. The molecule has 2 aliphatic rings. The minimum Gasteiger partial charge on any atom is -0.462 e. The number of esters is 1. The first-order valence-corrected chi connectivity index (χ1v) is 10.1. The Kier molecular flexibility index (Phi) is 5.22. The number of hydrogen-bond acceptors (Lipinski definition) is 6. The van der Waals surface area contributed by atoms with Gasteiger partial charge in [-0.25, -0.2) is 14.3 Å². The van der Waals surface area contributed by atoms with Crippen LogP contribution in [0.1, 0.15) is 46.2 Å². The van der Waals surface area contributed by atoms with Gasteiger partial charge in [0.2, 0.25) is 0 Å². The van der Waals surface area contributed by atoms with E-state index in [0.29, 0.717) is 48.4 Å². The summed E-state index contributed by atoms with van der Waals surface area (Å²) in [5.74, 6) is -0.894. The standard InChI is InChI=1S/C21H23N5O5/c1-3-31-18(28)16-12-22-26(13(16)2)15-6-4-14(5-7-15)17(27)25-10-8-21(9-11-25)19(29)23-20(30)24-21/h4-7,12H,3,8-11H2,1-2H3,(H2,23,24,29,30). The maximum atomic E-state index is 12.9. The molecule has 3 heterocycles. The van der Waals surface area contributed by atoms with E-state index >= 15 is 0 Å². The Morgan fingerprint density at radius 1 is 1.16 bits per heavy atom. The summed E-state index contributed by atoms with van der Waals surface area (Å²) >= 11 is 0. The third-order valence-corrected chi connectivity index (χ3v) is 5.78. The van der Waals surface area contributed by atoms with Gasteiger partial charge in [-0.1, -0.05) is 0 Å². The highest BCUT2D eigenvalue weighted by Crippen LogP contribution is 2.26. The second-order valence-corrected chi connectivity index (χ2v) is 7.61. The first kappa shape index (κ1) is 20.6. The van der Waals surface area contributed by atoms with E-state index in [1.807, 2.05) is 0 Å². The summed E-state index contributed by atoms with van der Waals surface area (Å²) < 4.78 is 6.65. The van der Waals surface area contributed by atoms with Crippen LogP contribution in [-0.2, 0) is 9.53 Å². The van der Waals surface area contributed by atoms with Gasteiger partial charge in [-0.15, -0.1) is 0 Å². The normalized spacial score (nSPS) is 17.4. The molecule has 0 radical (unpaired) electrons. The number of amides is 4. The largest absolute Gasteiger partial charge is 0.462 e. The van der Waals surface area contributed by atoms with Crippen molar-refractivity contribution in [2.24, 2.45) is 0 Å². The van der Waals surface area contributed by atoms with Crippen LogP contribution in [0.4, 0.5) is 4.79 Å². The number of carbonyl (C=O) groups is 4. The van der Waals surface area contributed by atoms with Crippen LogP contribution >= 0.6 is 0 Å². The molecule has 0 aliphatic carbocycles. The molecule has 2 aromatic rings. The molecule has 0 atom stereocenters. The minimum absolute atomic E-state index is 0.143. The number of hydrogen-bond donors (Lipinski definition) is 2. The van der Waals surface area contributed by atoms with Crippen molar-refractivity contribution in [3.05, 3.63) is 47.3 Å². The van der Waals surface area contributed by atoms with Gasteiger partial charge in [-0.2, -0.15) is 5.10 Å². The average Bonchev–Trinajstić information content (AvgIpc) is 3.27. The molecule has 31 heavy (non-hydrogen) atoms.